The van der Waals surface area contributed by atoms with Crippen LogP contribution in [0.1, 0.15) is 56.0 Å². The maximum absolute atomic E-state index is 14.3. The third-order valence-electron chi connectivity index (χ3n) is 8.93. The van der Waals surface area contributed by atoms with Crippen LogP contribution in [-0.2, 0) is 14.9 Å². The largest absolute Gasteiger partial charge is 0.497 e. The molecule has 1 saturated heterocycles. The molecule has 0 N–H and O–H groups in total. The first kappa shape index (κ1) is 28.2. The van der Waals surface area contributed by atoms with Crippen molar-refractivity contribution in [1.82, 2.24) is 9.80 Å². The zero-order valence-electron chi connectivity index (χ0n) is 24.4. The molecule has 1 aliphatic heterocycles. The monoisotopic (exact) mass is 542 g/mol. The Balaban J connectivity index is 1.59. The number of hydrogen-bond acceptors (Lipinski definition) is 5. The van der Waals surface area contributed by atoms with Crippen LogP contribution < -0.4 is 4.74 Å². The molecular formula is C34H42N2O4. The Morgan fingerprint density at radius 2 is 1.82 bits per heavy atom. The third kappa shape index (κ3) is 5.60. The average Bonchev–Trinajstić information content (AvgIpc) is 2.95. The van der Waals surface area contributed by atoms with Gasteiger partial charge in [-0.15, -0.1) is 0 Å². The molecule has 1 saturated carbocycles. The van der Waals surface area contributed by atoms with Crippen molar-refractivity contribution >= 4 is 22.6 Å². The molecule has 6 nitrogen and oxygen atoms in total. The molecule has 3 aromatic carbocycles. The maximum Gasteiger partial charge on any atom is 0.302 e. The number of piperidine rings is 1. The van der Waals surface area contributed by atoms with E-state index in [0.29, 0.717) is 24.4 Å². The topological polar surface area (TPSA) is 59.1 Å². The SMILES string of the molecule is COc1cccc([C@@]23CCN(C)C[C@H]2C(OC(C)=O)C[C@H](N(CC(C)C)C(=O)c2ccc4ccccc4c2)C3)c1. The Morgan fingerprint density at radius 3 is 2.55 bits per heavy atom. The lowest BCUT2D eigenvalue weighted by atomic mass is 9.56. The van der Waals surface area contributed by atoms with Crippen molar-refractivity contribution in [3.8, 4) is 5.75 Å². The van der Waals surface area contributed by atoms with Crippen LogP contribution in [0.15, 0.2) is 66.7 Å². The third-order valence-corrected chi connectivity index (χ3v) is 8.93. The van der Waals surface area contributed by atoms with Gasteiger partial charge in [0.15, 0.2) is 0 Å². The molecule has 0 aromatic heterocycles. The number of carbonyl (C=O) groups is 2. The predicted molar refractivity (Wildman–Crippen MR) is 159 cm³/mol. The minimum atomic E-state index is -0.288. The Morgan fingerprint density at radius 1 is 1.05 bits per heavy atom. The molecule has 2 fully saturated rings. The van der Waals surface area contributed by atoms with E-state index >= 15 is 0 Å². The first-order valence-corrected chi connectivity index (χ1v) is 14.5. The molecule has 1 amide bonds. The van der Waals surface area contributed by atoms with E-state index in [1.54, 1.807) is 7.11 Å². The van der Waals surface area contributed by atoms with E-state index < -0.39 is 0 Å². The van der Waals surface area contributed by atoms with Crippen molar-refractivity contribution in [1.29, 1.82) is 0 Å². The fourth-order valence-corrected chi connectivity index (χ4v) is 7.11. The second-order valence-corrected chi connectivity index (χ2v) is 12.2. The van der Waals surface area contributed by atoms with Gasteiger partial charge in [0.1, 0.15) is 11.9 Å². The van der Waals surface area contributed by atoms with E-state index in [4.69, 9.17) is 9.47 Å². The first-order chi connectivity index (χ1) is 19.2. The Labute approximate surface area is 238 Å². The molecule has 5 rings (SSSR count). The van der Waals surface area contributed by atoms with Crippen molar-refractivity contribution in [3.05, 3.63) is 77.9 Å². The lowest BCUT2D eigenvalue weighted by molar-refractivity contribution is -0.158. The van der Waals surface area contributed by atoms with Crippen molar-refractivity contribution in [3.63, 3.8) is 0 Å². The smallest absolute Gasteiger partial charge is 0.302 e. The summed E-state index contributed by atoms with van der Waals surface area (Å²) in [6.07, 6.45) is 2.09. The lowest BCUT2D eigenvalue weighted by Gasteiger charge is -2.56. The highest BCUT2D eigenvalue weighted by molar-refractivity contribution is 5.98. The summed E-state index contributed by atoms with van der Waals surface area (Å²) >= 11 is 0. The van der Waals surface area contributed by atoms with Gasteiger partial charge in [-0.1, -0.05) is 56.3 Å². The number of nitrogens with zero attached hydrogens (tertiary/aromatic N) is 2. The Hall–Kier alpha value is -3.38. The number of rotatable bonds is 7. The van der Waals surface area contributed by atoms with Crippen LogP contribution in [-0.4, -0.2) is 67.6 Å². The normalized spacial score (nSPS) is 24.9. The van der Waals surface area contributed by atoms with Gasteiger partial charge in [0.05, 0.1) is 7.11 Å². The van der Waals surface area contributed by atoms with Crippen LogP contribution in [0.25, 0.3) is 10.8 Å². The standard InChI is InChI=1S/C34H42N2O4/c1-23(2)21-36(33(38)27-14-13-25-9-6-7-10-26(25)17-27)29-19-32(40-24(3)37)31-22-35(4)16-15-34(31,20-29)28-11-8-12-30(18-28)39-5/h6-14,17-18,23,29,31-32H,15-16,19-22H2,1-5H3/t29-,31-,32?,34-/m0/s1. The molecule has 6 heteroatoms. The number of esters is 1. The predicted octanol–water partition coefficient (Wildman–Crippen LogP) is 5.93. The summed E-state index contributed by atoms with van der Waals surface area (Å²) in [7, 11) is 3.83. The minimum absolute atomic E-state index is 0.0400. The van der Waals surface area contributed by atoms with E-state index in [0.717, 1.165) is 42.5 Å². The quantitative estimate of drug-likeness (QED) is 0.347. The van der Waals surface area contributed by atoms with Crippen LogP contribution in [0, 0.1) is 11.8 Å². The zero-order valence-corrected chi connectivity index (χ0v) is 24.4. The molecule has 1 aliphatic carbocycles. The summed E-state index contributed by atoms with van der Waals surface area (Å²) in [6.45, 7) is 8.23. The van der Waals surface area contributed by atoms with Crippen LogP contribution >= 0.6 is 0 Å². The summed E-state index contributed by atoms with van der Waals surface area (Å²) in [5, 5.41) is 2.18. The van der Waals surface area contributed by atoms with Gasteiger partial charge in [-0.05, 0) is 73.0 Å². The molecule has 0 bridgehead atoms. The van der Waals surface area contributed by atoms with Crippen LogP contribution in [0.4, 0.5) is 0 Å². The molecule has 4 atom stereocenters. The Bertz CT molecular complexity index is 1370. The maximum atomic E-state index is 14.3. The summed E-state index contributed by atoms with van der Waals surface area (Å²) in [5.74, 6) is 1.00. The van der Waals surface area contributed by atoms with Crippen molar-refractivity contribution in [2.75, 3.05) is 33.8 Å². The number of likely N-dealkylation sites (tertiary alicyclic amines) is 1. The minimum Gasteiger partial charge on any atom is -0.497 e. The number of amides is 1. The van der Waals surface area contributed by atoms with Crippen molar-refractivity contribution in [2.45, 2.75) is 57.6 Å². The summed E-state index contributed by atoms with van der Waals surface area (Å²) in [6, 6.07) is 22.4. The average molecular weight is 543 g/mol. The molecule has 1 heterocycles. The van der Waals surface area contributed by atoms with Gasteiger partial charge in [0.25, 0.3) is 5.91 Å². The van der Waals surface area contributed by atoms with E-state index in [1.807, 2.05) is 36.4 Å². The second-order valence-electron chi connectivity index (χ2n) is 12.2. The first-order valence-electron chi connectivity index (χ1n) is 14.5. The molecule has 3 aromatic rings. The van der Waals surface area contributed by atoms with Gasteiger partial charge in [0, 0.05) is 49.4 Å². The van der Waals surface area contributed by atoms with Gasteiger partial charge in [0.2, 0.25) is 0 Å². The van der Waals surface area contributed by atoms with Gasteiger partial charge in [-0.3, -0.25) is 9.59 Å². The zero-order chi connectivity index (χ0) is 28.4. The van der Waals surface area contributed by atoms with Crippen molar-refractivity contribution < 1.29 is 19.1 Å². The van der Waals surface area contributed by atoms with E-state index in [9.17, 15) is 9.59 Å². The molecule has 1 unspecified atom stereocenters. The molecular weight excluding hydrogens is 500 g/mol. The number of hydrogen-bond donors (Lipinski definition) is 0. The van der Waals surface area contributed by atoms with E-state index in [-0.39, 0.29) is 35.4 Å². The van der Waals surface area contributed by atoms with Gasteiger partial charge < -0.3 is 19.3 Å². The number of fused-ring (bicyclic) bond motifs is 2. The van der Waals surface area contributed by atoms with Crippen molar-refractivity contribution in [2.24, 2.45) is 11.8 Å². The molecule has 212 valence electrons. The Kier molecular flexibility index (Phi) is 8.18. The highest BCUT2D eigenvalue weighted by atomic mass is 16.5. The van der Waals surface area contributed by atoms with Crippen LogP contribution in [0.5, 0.6) is 5.75 Å². The number of methoxy groups -OCH3 is 1. The van der Waals surface area contributed by atoms with Gasteiger partial charge in [-0.25, -0.2) is 0 Å². The van der Waals surface area contributed by atoms with Crippen LogP contribution in [0.3, 0.4) is 0 Å². The molecule has 0 radical (unpaired) electrons. The van der Waals surface area contributed by atoms with Gasteiger partial charge >= 0.3 is 5.97 Å². The highest BCUT2D eigenvalue weighted by Gasteiger charge is 2.54. The lowest BCUT2D eigenvalue weighted by Crippen LogP contribution is -2.62. The molecule has 40 heavy (non-hydrogen) atoms. The second kappa shape index (κ2) is 11.6. The summed E-state index contributed by atoms with van der Waals surface area (Å²) in [5.41, 5.74) is 1.65. The molecule has 0 spiro atoms. The van der Waals surface area contributed by atoms with Crippen LogP contribution in [0.2, 0.25) is 0 Å². The fourth-order valence-electron chi connectivity index (χ4n) is 7.11. The van der Waals surface area contributed by atoms with E-state index in [1.165, 1.54) is 12.5 Å². The highest BCUT2D eigenvalue weighted by Crippen LogP contribution is 2.51. The molecule has 2 aliphatic rings. The van der Waals surface area contributed by atoms with E-state index in [2.05, 4.69) is 61.0 Å². The summed E-state index contributed by atoms with van der Waals surface area (Å²) in [4.78, 5) is 31.1. The van der Waals surface area contributed by atoms with Gasteiger partial charge in [-0.2, -0.15) is 0 Å². The number of benzene rings is 3. The fraction of sp³-hybridized carbons (Fsp3) is 0.471. The number of carbonyl (C=O) groups excluding carboxylic acids is 2. The number of ether oxygens (including phenoxy) is 2. The summed E-state index contributed by atoms with van der Waals surface area (Å²) < 4.78 is 11.7.